The van der Waals surface area contributed by atoms with Gasteiger partial charge in [-0.2, -0.15) is 0 Å². The zero-order valence-electron chi connectivity index (χ0n) is 8.05. The van der Waals surface area contributed by atoms with Gasteiger partial charge in [-0.3, -0.25) is 0 Å². The van der Waals surface area contributed by atoms with Crippen LogP contribution in [0.15, 0.2) is 30.3 Å². The summed E-state index contributed by atoms with van der Waals surface area (Å²) in [6.07, 6.45) is 0.612. The Hall–Kier alpha value is -0.505. The van der Waals surface area contributed by atoms with Crippen LogP contribution in [0, 0.1) is 10.5 Å². The molecule has 0 aliphatic carbocycles. The summed E-state index contributed by atoms with van der Waals surface area (Å²) in [5.41, 5.74) is 2.55. The highest BCUT2D eigenvalue weighted by molar-refractivity contribution is 14.1. The van der Waals surface area contributed by atoms with Crippen molar-refractivity contribution >= 4 is 41.2 Å². The monoisotopic (exact) mass is 292 g/mol. The van der Waals surface area contributed by atoms with Gasteiger partial charge in [-0.25, -0.2) is 0 Å². The fraction of sp³-hybridized carbons (Fsp3) is 0.167. The smallest absolute Gasteiger partial charge is 0.0643 e. The van der Waals surface area contributed by atoms with Crippen LogP contribution in [0.3, 0.4) is 0 Å². The fourth-order valence-corrected chi connectivity index (χ4v) is 2.11. The molecular weight excluding hydrogens is 282 g/mol. The Balaban J connectivity index is 2.74. The molecule has 2 heteroatoms. The second kappa shape index (κ2) is 3.93. The van der Waals surface area contributed by atoms with Crippen molar-refractivity contribution in [1.82, 2.24) is 0 Å². The van der Waals surface area contributed by atoms with Gasteiger partial charge in [-0.15, -0.1) is 0 Å². The Morgan fingerprint density at radius 1 is 1.21 bits per heavy atom. The van der Waals surface area contributed by atoms with E-state index in [1.54, 1.807) is 0 Å². The topological polar surface area (TPSA) is 0 Å². The zero-order chi connectivity index (χ0) is 10.1. The van der Waals surface area contributed by atoms with Crippen molar-refractivity contribution in [2.75, 3.05) is 0 Å². The van der Waals surface area contributed by atoms with Crippen LogP contribution >= 0.6 is 22.6 Å². The number of aryl methyl sites for hydroxylation is 1. The van der Waals surface area contributed by atoms with Crippen LogP contribution in [0.2, 0.25) is 0 Å². The zero-order valence-corrected chi connectivity index (χ0v) is 10.2. The number of benzene rings is 2. The summed E-state index contributed by atoms with van der Waals surface area (Å²) in [6, 6.07) is 10.7. The third-order valence-electron chi connectivity index (χ3n) is 2.52. The van der Waals surface area contributed by atoms with Gasteiger partial charge in [-0.1, -0.05) is 36.1 Å². The first-order valence-electron chi connectivity index (χ1n) is 4.60. The predicted molar refractivity (Wildman–Crippen MR) is 70.9 cm³/mol. The minimum atomic E-state index is 0.612. The van der Waals surface area contributed by atoms with Gasteiger partial charge in [0.1, 0.15) is 0 Å². The van der Waals surface area contributed by atoms with Gasteiger partial charge < -0.3 is 0 Å². The molecule has 2 radical (unpaired) electrons. The summed E-state index contributed by atoms with van der Waals surface area (Å²) >= 11 is 2.37. The van der Waals surface area contributed by atoms with Crippen molar-refractivity contribution < 1.29 is 0 Å². The number of rotatable bonds is 1. The summed E-state index contributed by atoms with van der Waals surface area (Å²) < 4.78 is 1.32. The largest absolute Gasteiger partial charge is 0.0716 e. The van der Waals surface area contributed by atoms with Crippen LogP contribution in [-0.4, -0.2) is 7.85 Å². The van der Waals surface area contributed by atoms with Crippen LogP contribution in [0.5, 0.6) is 0 Å². The molecule has 0 spiro atoms. The number of fused-ring (bicyclic) bond motifs is 1. The Morgan fingerprint density at radius 3 is 2.71 bits per heavy atom. The lowest BCUT2D eigenvalue weighted by atomic mass is 9.94. The molecule has 2 rings (SSSR count). The van der Waals surface area contributed by atoms with Crippen LogP contribution in [0.25, 0.3) is 10.8 Å². The van der Waals surface area contributed by atoms with Crippen LogP contribution in [0.1, 0.15) is 11.1 Å². The number of hydrogen-bond acceptors (Lipinski definition) is 0. The van der Waals surface area contributed by atoms with Gasteiger partial charge in [-0.05, 0) is 51.9 Å². The number of hydrogen-bond donors (Lipinski definition) is 0. The summed E-state index contributed by atoms with van der Waals surface area (Å²) in [4.78, 5) is 0. The Labute approximate surface area is 99.3 Å². The Kier molecular flexibility index (Phi) is 2.82. The molecule has 0 saturated heterocycles. The molecular formula is C12H10BI. The van der Waals surface area contributed by atoms with Crippen molar-refractivity contribution in [3.8, 4) is 0 Å². The molecule has 0 unspecified atom stereocenters. The molecule has 0 heterocycles. The van der Waals surface area contributed by atoms with Gasteiger partial charge in [0.25, 0.3) is 0 Å². The molecule has 0 atom stereocenters. The standard InChI is InChI=1S/C12H10BI/c1-8-11-4-2-9(7-13)6-10(11)3-5-12(8)14/h2-6H,7H2,1H3. The van der Waals surface area contributed by atoms with Gasteiger partial charge in [0.2, 0.25) is 0 Å². The molecule has 0 aliphatic heterocycles. The third kappa shape index (κ3) is 1.67. The second-order valence-corrected chi connectivity index (χ2v) is 4.59. The average molecular weight is 292 g/mol. The highest BCUT2D eigenvalue weighted by Gasteiger charge is 2.01. The summed E-state index contributed by atoms with van der Waals surface area (Å²) in [7, 11) is 5.61. The van der Waals surface area contributed by atoms with E-state index in [1.165, 1.54) is 25.5 Å². The normalized spacial score (nSPS) is 10.7. The Bertz CT molecular complexity index is 477. The van der Waals surface area contributed by atoms with E-state index in [9.17, 15) is 0 Å². The molecule has 0 aromatic heterocycles. The van der Waals surface area contributed by atoms with E-state index in [4.69, 9.17) is 7.85 Å². The highest BCUT2D eigenvalue weighted by Crippen LogP contribution is 2.23. The lowest BCUT2D eigenvalue weighted by Gasteiger charge is -2.06. The van der Waals surface area contributed by atoms with E-state index >= 15 is 0 Å². The van der Waals surface area contributed by atoms with Crippen molar-refractivity contribution in [2.45, 2.75) is 13.2 Å². The van der Waals surface area contributed by atoms with Gasteiger partial charge in [0, 0.05) is 3.57 Å². The van der Waals surface area contributed by atoms with Crippen molar-refractivity contribution in [3.05, 3.63) is 45.0 Å². The average Bonchev–Trinajstić information content (AvgIpc) is 2.23. The van der Waals surface area contributed by atoms with E-state index in [1.807, 2.05) is 0 Å². The second-order valence-electron chi connectivity index (χ2n) is 3.43. The third-order valence-corrected chi connectivity index (χ3v) is 3.69. The molecule has 0 fully saturated rings. The summed E-state index contributed by atoms with van der Waals surface area (Å²) in [5.74, 6) is 0. The fourth-order valence-electron chi connectivity index (χ4n) is 1.64. The van der Waals surface area contributed by atoms with E-state index < -0.39 is 0 Å². The number of halogens is 1. The maximum Gasteiger partial charge on any atom is 0.0716 e. The molecule has 2 aromatic carbocycles. The summed E-state index contributed by atoms with van der Waals surface area (Å²) in [6.45, 7) is 2.16. The van der Waals surface area contributed by atoms with Crippen molar-refractivity contribution in [1.29, 1.82) is 0 Å². The lowest BCUT2D eigenvalue weighted by Crippen LogP contribution is -1.87. The van der Waals surface area contributed by atoms with E-state index in [0.717, 1.165) is 0 Å². The van der Waals surface area contributed by atoms with Gasteiger partial charge in [0.15, 0.2) is 0 Å². The van der Waals surface area contributed by atoms with Crippen LogP contribution < -0.4 is 0 Å². The molecule has 68 valence electrons. The summed E-state index contributed by atoms with van der Waals surface area (Å²) in [5, 5.41) is 2.61. The van der Waals surface area contributed by atoms with Gasteiger partial charge >= 0.3 is 0 Å². The van der Waals surface area contributed by atoms with E-state index in [2.05, 4.69) is 59.8 Å². The molecule has 2 aromatic rings. The highest BCUT2D eigenvalue weighted by atomic mass is 127. The molecule has 0 amide bonds. The lowest BCUT2D eigenvalue weighted by molar-refractivity contribution is 1.41. The van der Waals surface area contributed by atoms with E-state index in [0.29, 0.717) is 6.32 Å². The molecule has 0 bridgehead atoms. The first-order chi connectivity index (χ1) is 6.72. The van der Waals surface area contributed by atoms with Crippen LogP contribution in [0.4, 0.5) is 0 Å². The maximum absolute atomic E-state index is 5.61. The molecule has 0 aliphatic rings. The SMILES string of the molecule is [B]Cc1ccc2c(C)c(I)ccc2c1. The predicted octanol–water partition coefficient (Wildman–Crippen LogP) is 3.42. The molecule has 14 heavy (non-hydrogen) atoms. The minimum absolute atomic E-state index is 0.612. The van der Waals surface area contributed by atoms with Crippen molar-refractivity contribution in [3.63, 3.8) is 0 Å². The molecule has 0 N–H and O–H groups in total. The van der Waals surface area contributed by atoms with Crippen molar-refractivity contribution in [2.24, 2.45) is 0 Å². The Morgan fingerprint density at radius 2 is 2.00 bits per heavy atom. The minimum Gasteiger partial charge on any atom is -0.0643 e. The molecule has 0 saturated carbocycles. The maximum atomic E-state index is 5.61. The first-order valence-corrected chi connectivity index (χ1v) is 5.68. The molecule has 0 nitrogen and oxygen atoms in total. The first kappa shape index (κ1) is 10.0. The van der Waals surface area contributed by atoms with Gasteiger partial charge in [0.05, 0.1) is 7.85 Å². The van der Waals surface area contributed by atoms with E-state index in [-0.39, 0.29) is 0 Å². The van der Waals surface area contributed by atoms with Crippen LogP contribution in [-0.2, 0) is 6.32 Å². The quantitative estimate of drug-likeness (QED) is 0.558.